The zero-order chi connectivity index (χ0) is 6.53. The minimum atomic E-state index is -0.0320. The van der Waals surface area contributed by atoms with Crippen LogP contribution >= 0.6 is 0 Å². The van der Waals surface area contributed by atoms with Crippen LogP contribution in [-0.2, 0) is 4.12 Å². The minimum Gasteiger partial charge on any atom is -0.468 e. The zero-order valence-corrected chi connectivity index (χ0v) is 10.4. The van der Waals surface area contributed by atoms with E-state index in [0.717, 1.165) is 10.5 Å². The van der Waals surface area contributed by atoms with E-state index in [4.69, 9.17) is 4.12 Å². The molecule has 0 bridgehead atoms. The Morgan fingerprint density at radius 1 is 1.78 bits per heavy atom. The summed E-state index contributed by atoms with van der Waals surface area (Å²) in [6.07, 6.45) is 2.88. The van der Waals surface area contributed by atoms with E-state index in [1.807, 2.05) is 0 Å². The molecule has 9 heavy (non-hydrogen) atoms. The molecule has 0 saturated carbocycles. The van der Waals surface area contributed by atoms with Gasteiger partial charge in [-0.3, -0.25) is 0 Å². The van der Waals surface area contributed by atoms with Gasteiger partial charge < -0.3 is 4.12 Å². The Morgan fingerprint density at radius 2 is 2.67 bits per heavy atom. The van der Waals surface area contributed by atoms with Crippen molar-refractivity contribution in [3.63, 3.8) is 0 Å². The molecule has 0 aliphatic carbocycles. The van der Waals surface area contributed by atoms with Gasteiger partial charge in [0.1, 0.15) is 20.2 Å². The summed E-state index contributed by atoms with van der Waals surface area (Å²) < 4.78 is 5.29. The summed E-state index contributed by atoms with van der Waals surface area (Å²) in [5.74, 6) is 0. The molecule has 0 aromatic carbocycles. The van der Waals surface area contributed by atoms with Crippen LogP contribution in [-0.4, -0.2) is 34.3 Å². The zero-order valence-electron chi connectivity index (χ0n) is 6.02. The van der Waals surface area contributed by atoms with E-state index in [0.29, 0.717) is 0 Å². The molecule has 0 unspecified atom stereocenters. The molecule has 0 aromatic rings. The van der Waals surface area contributed by atoms with Gasteiger partial charge in [0.05, 0.1) is 0 Å². The topological polar surface area (TPSA) is 9.23 Å². The Kier molecular flexibility index (Phi) is 3.64. The molecule has 0 amide bonds. The van der Waals surface area contributed by atoms with E-state index in [2.05, 4.69) is 5.67 Å². The van der Waals surface area contributed by atoms with Crippen molar-refractivity contribution in [2.75, 3.05) is 0 Å². The van der Waals surface area contributed by atoms with Gasteiger partial charge in [-0.15, -0.1) is 5.67 Å². The largest absolute Gasteiger partial charge is 0.468 e. The minimum absolute atomic E-state index is 0.0320. The van der Waals surface area contributed by atoms with Gasteiger partial charge in [-0.1, -0.05) is 0 Å². The van der Waals surface area contributed by atoms with Crippen molar-refractivity contribution in [1.29, 1.82) is 0 Å². The molecule has 0 aromatic heterocycles. The summed E-state index contributed by atoms with van der Waals surface area (Å²) in [7, 11) is 1.01. The van der Waals surface area contributed by atoms with Crippen molar-refractivity contribution in [2.45, 2.75) is 24.6 Å². The van der Waals surface area contributed by atoms with Crippen LogP contribution in [0, 0.1) is 0 Å². The van der Waals surface area contributed by atoms with Crippen LogP contribution in [0.3, 0.4) is 0 Å². The molecule has 0 atom stereocenters. The summed E-state index contributed by atoms with van der Waals surface area (Å²) >= 11 is 0. The van der Waals surface area contributed by atoms with Crippen molar-refractivity contribution >= 4 is 34.3 Å². The van der Waals surface area contributed by atoms with Crippen molar-refractivity contribution in [3.05, 3.63) is 0 Å². The highest BCUT2D eigenvalue weighted by molar-refractivity contribution is 6.74. The lowest BCUT2D eigenvalue weighted by Crippen LogP contribution is -2.05. The normalized spacial score (nSPS) is 19.8. The highest BCUT2D eigenvalue weighted by atomic mass is 28.3. The lowest BCUT2D eigenvalue weighted by Gasteiger charge is -1.96. The average molecular weight is 174 g/mol. The van der Waals surface area contributed by atoms with E-state index in [-0.39, 0.29) is 18.2 Å². The van der Waals surface area contributed by atoms with Gasteiger partial charge in [0.25, 0.3) is 0 Å². The fraction of sp³-hybridized carbons (Fsp3) is 0.800. The molecule has 52 valence electrons. The Bertz CT molecular complexity index is 113. The number of hydrogen-bond donors (Lipinski definition) is 0. The first-order valence-corrected chi connectivity index (χ1v) is 7.99. The monoisotopic (exact) mass is 174 g/mol. The summed E-state index contributed by atoms with van der Waals surface area (Å²) in [6, 6.07) is 1.54. The van der Waals surface area contributed by atoms with Crippen LogP contribution < -0.4 is 0 Å². The first-order valence-electron chi connectivity index (χ1n) is 3.60. The van der Waals surface area contributed by atoms with Gasteiger partial charge in [0.15, 0.2) is 0 Å². The maximum atomic E-state index is 5.29. The second kappa shape index (κ2) is 4.32. The van der Waals surface area contributed by atoms with Gasteiger partial charge in [-0.25, -0.2) is 0 Å². The molecule has 0 spiro atoms. The Balaban J connectivity index is 2.11. The third kappa shape index (κ3) is 2.70. The lowest BCUT2D eigenvalue weighted by atomic mass is 10.4. The van der Waals surface area contributed by atoms with Crippen molar-refractivity contribution in [3.8, 4) is 0 Å². The van der Waals surface area contributed by atoms with Crippen LogP contribution in [0.2, 0.25) is 11.7 Å². The average Bonchev–Trinajstić information content (AvgIpc) is 2.34. The molecular formula is C5H14OSi3. The molecule has 0 N–H and O–H groups in total. The smallest absolute Gasteiger partial charge is 0.146 e. The van der Waals surface area contributed by atoms with Crippen LogP contribution in [0.4, 0.5) is 0 Å². The van der Waals surface area contributed by atoms with Crippen molar-refractivity contribution < 1.29 is 4.12 Å². The SMILES string of the molecule is [SiH3]O[SiH2]C[Si]1=CCCC1. The van der Waals surface area contributed by atoms with Crippen molar-refractivity contribution in [2.24, 2.45) is 0 Å². The number of rotatable bonds is 3. The highest BCUT2D eigenvalue weighted by Gasteiger charge is 2.03. The van der Waals surface area contributed by atoms with Crippen molar-refractivity contribution in [1.82, 2.24) is 0 Å². The fourth-order valence-corrected chi connectivity index (χ4v) is 8.19. The van der Waals surface area contributed by atoms with E-state index in [1.165, 1.54) is 18.5 Å². The van der Waals surface area contributed by atoms with E-state index in [1.54, 1.807) is 6.04 Å². The summed E-state index contributed by atoms with van der Waals surface area (Å²) in [5, 5.41) is 0. The summed E-state index contributed by atoms with van der Waals surface area (Å²) in [4.78, 5) is 0. The predicted octanol–water partition coefficient (Wildman–Crippen LogP) is -1.00. The van der Waals surface area contributed by atoms with Crippen LogP contribution in [0.15, 0.2) is 0 Å². The van der Waals surface area contributed by atoms with Crippen LogP contribution in [0.5, 0.6) is 0 Å². The van der Waals surface area contributed by atoms with Crippen LogP contribution in [0.1, 0.15) is 12.8 Å². The van der Waals surface area contributed by atoms with Gasteiger partial charge in [0.2, 0.25) is 0 Å². The molecule has 1 heterocycles. The van der Waals surface area contributed by atoms with Crippen LogP contribution in [0.25, 0.3) is 0 Å². The van der Waals surface area contributed by atoms with Gasteiger partial charge in [0, 0.05) is 8.41 Å². The van der Waals surface area contributed by atoms with Gasteiger partial charge in [-0.2, -0.15) is 0 Å². The van der Waals surface area contributed by atoms with E-state index in [9.17, 15) is 0 Å². The Labute approximate surface area is 63.5 Å². The van der Waals surface area contributed by atoms with E-state index < -0.39 is 0 Å². The molecule has 0 saturated heterocycles. The first kappa shape index (κ1) is 7.59. The Morgan fingerprint density at radius 3 is 3.22 bits per heavy atom. The molecule has 0 fully saturated rings. The molecule has 0 radical (unpaired) electrons. The maximum Gasteiger partial charge on any atom is 0.146 e. The van der Waals surface area contributed by atoms with E-state index >= 15 is 0 Å². The molecule has 1 aliphatic rings. The molecule has 1 nitrogen and oxygen atoms in total. The lowest BCUT2D eigenvalue weighted by molar-refractivity contribution is 0.668. The third-order valence-electron chi connectivity index (χ3n) is 1.76. The summed E-state index contributed by atoms with van der Waals surface area (Å²) in [6.45, 7) is 0. The summed E-state index contributed by atoms with van der Waals surface area (Å²) in [5.41, 5.74) is 4.09. The predicted molar refractivity (Wildman–Crippen MR) is 50.2 cm³/mol. The Hall–Kier alpha value is 0.481. The second-order valence-corrected chi connectivity index (χ2v) is 9.44. The molecular weight excluding hydrogens is 160 g/mol. The highest BCUT2D eigenvalue weighted by Crippen LogP contribution is 2.05. The quantitative estimate of drug-likeness (QED) is 0.499. The molecule has 4 heteroatoms. The molecule has 1 rings (SSSR count). The van der Waals surface area contributed by atoms with Gasteiger partial charge >= 0.3 is 0 Å². The van der Waals surface area contributed by atoms with Gasteiger partial charge in [-0.05, 0) is 24.6 Å². The molecule has 1 aliphatic heterocycles. The number of hydrogen-bond acceptors (Lipinski definition) is 1. The third-order valence-corrected chi connectivity index (χ3v) is 8.64. The fourth-order valence-electron chi connectivity index (χ4n) is 1.20. The second-order valence-electron chi connectivity index (χ2n) is 2.50. The standard InChI is InChI=1S/C5H14OSi3/c7-6-8-5-9-3-1-2-4-9/h3H,1-2,4-5,8H2,7H3. The first-order chi connectivity index (χ1) is 4.43. The maximum absolute atomic E-state index is 5.29.